The summed E-state index contributed by atoms with van der Waals surface area (Å²) >= 11 is 0. The Balaban J connectivity index is 1.42. The summed E-state index contributed by atoms with van der Waals surface area (Å²) in [4.78, 5) is 25.4. The minimum absolute atomic E-state index is 0.0108. The van der Waals surface area contributed by atoms with E-state index in [1.54, 1.807) is 0 Å². The highest BCUT2D eigenvalue weighted by Gasteiger charge is 2.51. The van der Waals surface area contributed by atoms with Gasteiger partial charge in [-0.2, -0.15) is 0 Å². The van der Waals surface area contributed by atoms with Crippen molar-refractivity contribution in [3.63, 3.8) is 0 Å². The number of urea groups is 1. The minimum Gasteiger partial charge on any atom is -0.355 e. The molecule has 0 aromatic rings. The standard InChI is InChI=1S/C25H45N3O2/c1-3-5-6-7-8-9-10-11-12-22(23(29)26-4-2)27-24(30)28-25-16-19-13-20(17-25)15-21(14-19)18-25/h19-22H,3-18H2,1-2H3,(H,26,29)(H2,27,28,30). The highest BCUT2D eigenvalue weighted by atomic mass is 16.2. The highest BCUT2D eigenvalue weighted by Crippen LogP contribution is 2.55. The van der Waals surface area contributed by atoms with Crippen molar-refractivity contribution in [3.8, 4) is 0 Å². The predicted molar refractivity (Wildman–Crippen MR) is 122 cm³/mol. The van der Waals surface area contributed by atoms with Gasteiger partial charge in [-0.25, -0.2) is 4.79 Å². The van der Waals surface area contributed by atoms with E-state index in [2.05, 4.69) is 22.9 Å². The van der Waals surface area contributed by atoms with E-state index in [9.17, 15) is 9.59 Å². The van der Waals surface area contributed by atoms with Gasteiger partial charge in [0.25, 0.3) is 0 Å². The molecular weight excluding hydrogens is 374 g/mol. The topological polar surface area (TPSA) is 70.2 Å². The SMILES string of the molecule is CCCCCCCCCCC(NC(=O)NC12CC3CC(CC(C3)C1)C2)C(=O)NCC. The highest BCUT2D eigenvalue weighted by molar-refractivity contribution is 5.87. The molecule has 1 atom stereocenters. The Bertz CT molecular complexity index is 527. The van der Waals surface area contributed by atoms with Crippen LogP contribution in [0.25, 0.3) is 0 Å². The Morgan fingerprint density at radius 2 is 1.37 bits per heavy atom. The van der Waals surface area contributed by atoms with Gasteiger partial charge in [0.2, 0.25) is 5.91 Å². The van der Waals surface area contributed by atoms with E-state index in [4.69, 9.17) is 0 Å². The Labute approximate surface area is 183 Å². The van der Waals surface area contributed by atoms with Crippen molar-refractivity contribution in [1.82, 2.24) is 16.0 Å². The quantitative estimate of drug-likeness (QED) is 0.355. The van der Waals surface area contributed by atoms with Crippen LogP contribution in [0.5, 0.6) is 0 Å². The van der Waals surface area contributed by atoms with Crippen molar-refractivity contribution < 1.29 is 9.59 Å². The van der Waals surface area contributed by atoms with Gasteiger partial charge in [0.05, 0.1) is 0 Å². The lowest BCUT2D eigenvalue weighted by atomic mass is 9.53. The second-order valence-electron chi connectivity index (χ2n) is 10.5. The maximum absolute atomic E-state index is 12.9. The second-order valence-corrected chi connectivity index (χ2v) is 10.5. The first kappa shape index (κ1) is 23.4. The van der Waals surface area contributed by atoms with E-state index in [0.717, 1.165) is 56.3 Å². The molecule has 0 aliphatic heterocycles. The lowest BCUT2D eigenvalue weighted by molar-refractivity contribution is -0.123. The zero-order chi connectivity index (χ0) is 21.4. The van der Waals surface area contributed by atoms with Crippen LogP contribution < -0.4 is 16.0 Å². The van der Waals surface area contributed by atoms with Crippen molar-refractivity contribution in [1.29, 1.82) is 0 Å². The second kappa shape index (κ2) is 11.4. The summed E-state index contributed by atoms with van der Waals surface area (Å²) in [5, 5.41) is 9.29. The van der Waals surface area contributed by atoms with Crippen molar-refractivity contribution >= 4 is 11.9 Å². The fourth-order valence-corrected chi connectivity index (χ4v) is 6.75. The molecule has 0 heterocycles. The fraction of sp³-hybridized carbons (Fsp3) is 0.920. The number of carbonyl (C=O) groups excluding carboxylic acids is 2. The van der Waals surface area contributed by atoms with Crippen LogP contribution in [-0.4, -0.2) is 30.1 Å². The molecule has 3 amide bonds. The number of amides is 3. The fourth-order valence-electron chi connectivity index (χ4n) is 6.75. The van der Waals surface area contributed by atoms with Crippen LogP contribution in [0.4, 0.5) is 4.79 Å². The molecule has 5 heteroatoms. The van der Waals surface area contributed by atoms with Gasteiger partial charge in [-0.1, -0.05) is 58.3 Å². The molecule has 0 aromatic heterocycles. The summed E-state index contributed by atoms with van der Waals surface area (Å²) in [6.07, 6.45) is 18.1. The Morgan fingerprint density at radius 3 is 1.90 bits per heavy atom. The molecule has 4 fully saturated rings. The van der Waals surface area contributed by atoms with Crippen LogP contribution >= 0.6 is 0 Å². The molecule has 4 aliphatic carbocycles. The third kappa shape index (κ3) is 6.62. The third-order valence-electron chi connectivity index (χ3n) is 7.74. The van der Waals surface area contributed by atoms with Crippen molar-refractivity contribution in [2.75, 3.05) is 6.54 Å². The number of nitrogens with one attached hydrogen (secondary N) is 3. The number of hydrogen-bond donors (Lipinski definition) is 3. The normalized spacial score (nSPS) is 30.1. The zero-order valence-electron chi connectivity index (χ0n) is 19.4. The Hall–Kier alpha value is -1.26. The van der Waals surface area contributed by atoms with Gasteiger partial charge in [0.15, 0.2) is 0 Å². The van der Waals surface area contributed by atoms with E-state index in [1.165, 1.54) is 57.8 Å². The Morgan fingerprint density at radius 1 is 0.833 bits per heavy atom. The monoisotopic (exact) mass is 419 g/mol. The molecular formula is C25H45N3O2. The summed E-state index contributed by atoms with van der Waals surface area (Å²) in [5.74, 6) is 2.36. The molecule has 1 unspecified atom stereocenters. The third-order valence-corrected chi connectivity index (χ3v) is 7.74. The average molecular weight is 420 g/mol. The first-order valence-electron chi connectivity index (χ1n) is 12.9. The van der Waals surface area contributed by atoms with Crippen LogP contribution in [0.2, 0.25) is 0 Å². The summed E-state index contributed by atoms with van der Waals surface area (Å²) in [7, 11) is 0. The maximum Gasteiger partial charge on any atom is 0.315 e. The van der Waals surface area contributed by atoms with E-state index in [-0.39, 0.29) is 17.5 Å². The molecule has 172 valence electrons. The smallest absolute Gasteiger partial charge is 0.315 e. The summed E-state index contributed by atoms with van der Waals surface area (Å²) in [5.41, 5.74) is -0.0108. The number of likely N-dealkylation sites (N-methyl/N-ethyl adjacent to an activating group) is 1. The maximum atomic E-state index is 12.9. The van der Waals surface area contributed by atoms with Crippen LogP contribution in [0, 0.1) is 17.8 Å². The number of rotatable bonds is 13. The largest absolute Gasteiger partial charge is 0.355 e. The molecule has 5 nitrogen and oxygen atoms in total. The van der Waals surface area contributed by atoms with Crippen LogP contribution in [0.15, 0.2) is 0 Å². The first-order valence-corrected chi connectivity index (χ1v) is 12.9. The molecule has 4 aliphatic rings. The predicted octanol–water partition coefficient (Wildman–Crippen LogP) is 5.29. The molecule has 4 rings (SSSR count). The molecule has 0 spiro atoms. The van der Waals surface area contributed by atoms with Crippen LogP contribution in [0.3, 0.4) is 0 Å². The zero-order valence-corrected chi connectivity index (χ0v) is 19.4. The van der Waals surface area contributed by atoms with Crippen LogP contribution in [0.1, 0.15) is 110 Å². The van der Waals surface area contributed by atoms with Gasteiger partial charge >= 0.3 is 6.03 Å². The van der Waals surface area contributed by atoms with Crippen molar-refractivity contribution in [2.24, 2.45) is 17.8 Å². The van der Waals surface area contributed by atoms with Gasteiger partial charge in [0, 0.05) is 12.1 Å². The van der Waals surface area contributed by atoms with Crippen LogP contribution in [-0.2, 0) is 4.79 Å². The van der Waals surface area contributed by atoms with Gasteiger partial charge in [0.1, 0.15) is 6.04 Å². The summed E-state index contributed by atoms with van der Waals surface area (Å²) in [6, 6.07) is -0.549. The molecule has 0 aromatic carbocycles. The lowest BCUT2D eigenvalue weighted by Gasteiger charge is -2.56. The molecule has 4 bridgehead atoms. The van der Waals surface area contributed by atoms with Crippen molar-refractivity contribution in [2.45, 2.75) is 122 Å². The molecule has 0 radical (unpaired) electrons. The molecule has 0 saturated heterocycles. The molecule has 30 heavy (non-hydrogen) atoms. The van der Waals surface area contributed by atoms with Gasteiger partial charge < -0.3 is 16.0 Å². The number of hydrogen-bond acceptors (Lipinski definition) is 2. The van der Waals surface area contributed by atoms with E-state index in [0.29, 0.717) is 6.54 Å². The average Bonchev–Trinajstić information content (AvgIpc) is 2.67. The van der Waals surface area contributed by atoms with E-state index in [1.807, 2.05) is 6.92 Å². The lowest BCUT2D eigenvalue weighted by Crippen LogP contribution is -2.62. The molecule has 4 saturated carbocycles. The number of unbranched alkanes of at least 4 members (excludes halogenated alkanes) is 7. The minimum atomic E-state index is -0.418. The summed E-state index contributed by atoms with van der Waals surface area (Å²) in [6.45, 7) is 4.78. The Kier molecular flexibility index (Phi) is 8.88. The number of carbonyl (C=O) groups is 2. The van der Waals surface area contributed by atoms with Gasteiger partial charge in [-0.3, -0.25) is 4.79 Å². The van der Waals surface area contributed by atoms with Gasteiger partial charge in [-0.05, 0) is 69.6 Å². The summed E-state index contributed by atoms with van der Waals surface area (Å²) < 4.78 is 0. The first-order chi connectivity index (χ1) is 14.5. The van der Waals surface area contributed by atoms with Crippen molar-refractivity contribution in [3.05, 3.63) is 0 Å². The van der Waals surface area contributed by atoms with E-state index >= 15 is 0 Å². The van der Waals surface area contributed by atoms with Gasteiger partial charge in [-0.15, -0.1) is 0 Å². The molecule has 3 N–H and O–H groups in total. The van der Waals surface area contributed by atoms with E-state index < -0.39 is 6.04 Å².